The maximum Gasteiger partial charge on any atom is 0.375 e. The van der Waals surface area contributed by atoms with E-state index < -0.39 is 0 Å². The maximum absolute atomic E-state index is 4.34. The Morgan fingerprint density at radius 2 is 1.46 bits per heavy atom. The van der Waals surface area contributed by atoms with Crippen LogP contribution in [0.3, 0.4) is 0 Å². The van der Waals surface area contributed by atoms with Gasteiger partial charge in [0.2, 0.25) is 0 Å². The van der Waals surface area contributed by atoms with Crippen LogP contribution in [-0.4, -0.2) is 15.4 Å². The summed E-state index contributed by atoms with van der Waals surface area (Å²) in [7, 11) is 0. The van der Waals surface area contributed by atoms with Crippen LogP contribution in [0.1, 0.15) is 25.5 Å². The van der Waals surface area contributed by atoms with Crippen molar-refractivity contribution in [3.8, 4) is 28.2 Å². The summed E-state index contributed by atoms with van der Waals surface area (Å²) in [4.78, 5) is 0. The van der Waals surface area contributed by atoms with Gasteiger partial charge in [0, 0.05) is 11.5 Å². The predicted octanol–water partition coefficient (Wildman–Crippen LogP) is 4.54. The van der Waals surface area contributed by atoms with Crippen LogP contribution in [0, 0.1) is 0 Å². The largest absolute Gasteiger partial charge is 0.375 e. The summed E-state index contributed by atoms with van der Waals surface area (Å²) < 4.78 is 2.19. The predicted molar refractivity (Wildman–Crippen MR) is 103 cm³/mol. The SMILES string of the molecule is CC(C)c1cc(-c2ccccc2)cc(-c2ccccc2)[n+]1-c1cn[nH]n1. The van der Waals surface area contributed by atoms with E-state index in [0.717, 1.165) is 17.1 Å². The second-order valence-electron chi connectivity index (χ2n) is 6.60. The number of rotatable bonds is 4. The average molecular weight is 341 g/mol. The van der Waals surface area contributed by atoms with E-state index in [9.17, 15) is 0 Å². The molecule has 0 radical (unpaired) electrons. The minimum atomic E-state index is 0.331. The highest BCUT2D eigenvalue weighted by Gasteiger charge is 2.24. The van der Waals surface area contributed by atoms with E-state index >= 15 is 0 Å². The van der Waals surface area contributed by atoms with Gasteiger partial charge in [0.15, 0.2) is 0 Å². The first-order valence-corrected chi connectivity index (χ1v) is 8.81. The van der Waals surface area contributed by atoms with Gasteiger partial charge in [-0.15, -0.1) is 10.3 Å². The molecule has 4 rings (SSSR count). The molecule has 0 spiro atoms. The minimum absolute atomic E-state index is 0.331. The van der Waals surface area contributed by atoms with E-state index in [-0.39, 0.29) is 0 Å². The second-order valence-corrected chi connectivity index (χ2v) is 6.60. The van der Waals surface area contributed by atoms with Crippen molar-refractivity contribution >= 4 is 0 Å². The highest BCUT2D eigenvalue weighted by molar-refractivity contribution is 5.69. The van der Waals surface area contributed by atoms with Gasteiger partial charge in [-0.05, 0) is 23.3 Å². The minimum Gasteiger partial charge on any atom is -0.189 e. The van der Waals surface area contributed by atoms with Crippen LogP contribution in [0.15, 0.2) is 79.0 Å². The van der Waals surface area contributed by atoms with Crippen molar-refractivity contribution in [3.63, 3.8) is 0 Å². The molecule has 4 nitrogen and oxygen atoms in total. The Balaban J connectivity index is 2.04. The molecule has 0 saturated carbocycles. The number of pyridine rings is 1. The Hall–Kier alpha value is -3.27. The third kappa shape index (κ3) is 3.02. The van der Waals surface area contributed by atoms with E-state index in [1.54, 1.807) is 6.20 Å². The van der Waals surface area contributed by atoms with Crippen molar-refractivity contribution in [2.45, 2.75) is 19.8 Å². The fourth-order valence-electron chi connectivity index (χ4n) is 3.22. The quantitative estimate of drug-likeness (QED) is 0.554. The smallest absolute Gasteiger partial charge is 0.189 e. The van der Waals surface area contributed by atoms with Gasteiger partial charge in [-0.1, -0.05) is 74.5 Å². The molecule has 0 fully saturated rings. The molecule has 0 aliphatic rings. The van der Waals surface area contributed by atoms with Crippen LogP contribution < -0.4 is 4.57 Å². The number of aromatic nitrogens is 4. The Kier molecular flexibility index (Phi) is 4.32. The third-order valence-electron chi connectivity index (χ3n) is 4.49. The number of nitrogens with zero attached hydrogens (tertiary/aromatic N) is 3. The Morgan fingerprint density at radius 3 is 2.04 bits per heavy atom. The van der Waals surface area contributed by atoms with Crippen LogP contribution in [0.25, 0.3) is 28.2 Å². The van der Waals surface area contributed by atoms with E-state index in [2.05, 4.69) is 94.5 Å². The molecule has 26 heavy (non-hydrogen) atoms. The Bertz CT molecular complexity index is 991. The molecule has 0 aliphatic heterocycles. The maximum atomic E-state index is 4.34. The van der Waals surface area contributed by atoms with E-state index in [1.807, 2.05) is 12.1 Å². The van der Waals surface area contributed by atoms with Crippen molar-refractivity contribution in [2.75, 3.05) is 0 Å². The molecule has 2 heterocycles. The van der Waals surface area contributed by atoms with Crippen molar-refractivity contribution in [2.24, 2.45) is 0 Å². The first kappa shape index (κ1) is 16.2. The monoisotopic (exact) mass is 341 g/mol. The van der Waals surface area contributed by atoms with Crippen molar-refractivity contribution in [1.29, 1.82) is 0 Å². The highest BCUT2D eigenvalue weighted by atomic mass is 15.4. The summed E-state index contributed by atoms with van der Waals surface area (Å²) in [6.07, 6.45) is 1.76. The first-order chi connectivity index (χ1) is 12.7. The Labute approximate surface area is 153 Å². The van der Waals surface area contributed by atoms with Gasteiger partial charge in [-0.25, -0.2) is 0 Å². The van der Waals surface area contributed by atoms with E-state index in [4.69, 9.17) is 0 Å². The summed E-state index contributed by atoms with van der Waals surface area (Å²) in [5.74, 6) is 1.13. The van der Waals surface area contributed by atoms with Gasteiger partial charge < -0.3 is 0 Å². The van der Waals surface area contributed by atoms with Crippen molar-refractivity contribution in [1.82, 2.24) is 15.4 Å². The first-order valence-electron chi connectivity index (χ1n) is 8.81. The van der Waals surface area contributed by atoms with Crippen molar-refractivity contribution < 1.29 is 4.57 Å². The molecule has 4 aromatic rings. The van der Waals surface area contributed by atoms with E-state index in [0.29, 0.717) is 5.92 Å². The van der Waals surface area contributed by atoms with Gasteiger partial charge in [0.1, 0.15) is 17.6 Å². The van der Waals surface area contributed by atoms with Crippen LogP contribution in [0.4, 0.5) is 0 Å². The third-order valence-corrected chi connectivity index (χ3v) is 4.49. The normalized spacial score (nSPS) is 11.0. The van der Waals surface area contributed by atoms with Crippen LogP contribution in [-0.2, 0) is 0 Å². The fourth-order valence-corrected chi connectivity index (χ4v) is 3.22. The summed E-state index contributed by atoms with van der Waals surface area (Å²) in [5.41, 5.74) is 5.85. The van der Waals surface area contributed by atoms with Gasteiger partial charge in [0.25, 0.3) is 0 Å². The number of hydrogen-bond donors (Lipinski definition) is 1. The number of nitrogens with one attached hydrogen (secondary N) is 1. The molecule has 4 heteroatoms. The van der Waals surface area contributed by atoms with Gasteiger partial charge in [-0.3, -0.25) is 0 Å². The number of benzene rings is 2. The van der Waals surface area contributed by atoms with Gasteiger partial charge in [0.05, 0.1) is 5.10 Å². The fraction of sp³-hybridized carbons (Fsp3) is 0.136. The average Bonchev–Trinajstić information content (AvgIpc) is 3.22. The van der Waals surface area contributed by atoms with E-state index in [1.165, 1.54) is 16.8 Å². The zero-order valence-electron chi connectivity index (χ0n) is 14.9. The highest BCUT2D eigenvalue weighted by Crippen LogP contribution is 2.28. The van der Waals surface area contributed by atoms with Crippen molar-refractivity contribution in [3.05, 3.63) is 84.7 Å². The molecule has 0 atom stereocenters. The van der Waals surface area contributed by atoms with Crippen LogP contribution in [0.5, 0.6) is 0 Å². The molecule has 2 aromatic carbocycles. The summed E-state index contributed by atoms with van der Waals surface area (Å²) >= 11 is 0. The molecule has 0 bridgehead atoms. The zero-order valence-corrected chi connectivity index (χ0v) is 14.9. The van der Waals surface area contributed by atoms with Gasteiger partial charge in [-0.2, -0.15) is 4.57 Å². The molecule has 0 amide bonds. The molecule has 1 N–H and O–H groups in total. The number of hydrogen-bond acceptors (Lipinski definition) is 2. The Morgan fingerprint density at radius 1 is 0.808 bits per heavy atom. The topological polar surface area (TPSA) is 45.5 Å². The molecule has 128 valence electrons. The molecule has 0 saturated heterocycles. The van der Waals surface area contributed by atoms with Gasteiger partial charge >= 0.3 is 5.82 Å². The van der Waals surface area contributed by atoms with Crippen LogP contribution >= 0.6 is 0 Å². The lowest BCUT2D eigenvalue weighted by Crippen LogP contribution is -2.39. The number of H-pyrrole nitrogens is 1. The lowest BCUT2D eigenvalue weighted by atomic mass is 9.98. The van der Waals surface area contributed by atoms with Crippen LogP contribution in [0.2, 0.25) is 0 Å². The lowest BCUT2D eigenvalue weighted by molar-refractivity contribution is -0.598. The molecule has 0 aliphatic carbocycles. The lowest BCUT2D eigenvalue weighted by Gasteiger charge is -2.15. The summed E-state index contributed by atoms with van der Waals surface area (Å²) in [5, 5.41) is 11.1. The molecular weight excluding hydrogens is 320 g/mol. The number of aromatic amines is 1. The summed E-state index contributed by atoms with van der Waals surface area (Å²) in [6, 6.07) is 25.4. The molecular formula is C22H21N4+. The molecule has 0 unspecified atom stereocenters. The second kappa shape index (κ2) is 6.92. The zero-order chi connectivity index (χ0) is 17.9. The standard InChI is InChI=1S/C22H21N4/c1-16(2)20-13-19(17-9-5-3-6-10-17)14-21(18-11-7-4-8-12-18)26(20)22-15-23-25-24-22/h3-16H,1-2H3,(H,23,24,25)/q+1. The summed E-state index contributed by atoms with van der Waals surface area (Å²) in [6.45, 7) is 4.41. The molecule has 2 aromatic heterocycles.